The average molecular weight is 213 g/mol. The number of hydrogen-bond acceptors (Lipinski definition) is 3. The van der Waals surface area contributed by atoms with E-state index >= 15 is 0 Å². The van der Waals surface area contributed by atoms with Crippen LogP contribution in [-0.4, -0.2) is 26.0 Å². The third-order valence-corrected chi connectivity index (χ3v) is 2.52. The highest BCUT2D eigenvalue weighted by Gasteiger charge is 2.15. The lowest BCUT2D eigenvalue weighted by molar-refractivity contribution is 0.197. The van der Waals surface area contributed by atoms with Crippen LogP contribution in [0.1, 0.15) is 0 Å². The maximum Gasteiger partial charge on any atom is 0.416 e. The van der Waals surface area contributed by atoms with E-state index in [4.69, 9.17) is 5.11 Å². The molecule has 3 rings (SSSR count). The SMILES string of the molecule is O=C(O)n1cc2cnnc-2c2ccccc21. The Morgan fingerprint density at radius 2 is 2.12 bits per heavy atom. The van der Waals surface area contributed by atoms with Gasteiger partial charge >= 0.3 is 6.09 Å². The summed E-state index contributed by atoms with van der Waals surface area (Å²) < 4.78 is 1.18. The minimum Gasteiger partial charge on any atom is -0.464 e. The Kier molecular flexibility index (Phi) is 1.67. The Hall–Kier alpha value is -2.43. The molecule has 0 spiro atoms. The van der Waals surface area contributed by atoms with Crippen LogP contribution in [0.4, 0.5) is 4.79 Å². The van der Waals surface area contributed by atoms with E-state index in [9.17, 15) is 4.79 Å². The predicted molar refractivity (Wildman–Crippen MR) is 57.6 cm³/mol. The number of pyridine rings is 1. The summed E-state index contributed by atoms with van der Waals surface area (Å²) in [5.41, 5.74) is 2.07. The molecule has 0 saturated carbocycles. The smallest absolute Gasteiger partial charge is 0.416 e. The van der Waals surface area contributed by atoms with E-state index in [0.717, 1.165) is 16.6 Å². The van der Waals surface area contributed by atoms with Crippen molar-refractivity contribution < 1.29 is 9.90 Å². The monoisotopic (exact) mass is 213 g/mol. The molecule has 0 saturated heterocycles. The van der Waals surface area contributed by atoms with Crippen molar-refractivity contribution in [2.45, 2.75) is 0 Å². The Morgan fingerprint density at radius 1 is 1.31 bits per heavy atom. The summed E-state index contributed by atoms with van der Waals surface area (Å²) in [6.07, 6.45) is 2.07. The molecule has 0 unspecified atom stereocenters. The van der Waals surface area contributed by atoms with Crippen LogP contribution in [0.5, 0.6) is 0 Å². The van der Waals surface area contributed by atoms with Crippen molar-refractivity contribution >= 4 is 17.0 Å². The Labute approximate surface area is 90.3 Å². The molecule has 1 aromatic rings. The minimum absolute atomic E-state index is 0.614. The molecule has 2 aliphatic rings. The van der Waals surface area contributed by atoms with Gasteiger partial charge in [-0.25, -0.2) is 4.79 Å². The first-order valence-corrected chi connectivity index (χ1v) is 4.72. The zero-order chi connectivity index (χ0) is 11.1. The van der Waals surface area contributed by atoms with Gasteiger partial charge in [-0.15, -0.1) is 5.10 Å². The second-order valence-corrected chi connectivity index (χ2v) is 3.45. The third kappa shape index (κ3) is 1.08. The summed E-state index contributed by atoms with van der Waals surface area (Å²) in [5.74, 6) is 0. The van der Waals surface area contributed by atoms with Crippen LogP contribution in [0.15, 0.2) is 36.7 Å². The third-order valence-electron chi connectivity index (χ3n) is 2.52. The second kappa shape index (κ2) is 3.03. The lowest BCUT2D eigenvalue weighted by Crippen LogP contribution is -2.10. The zero-order valence-electron chi connectivity index (χ0n) is 8.16. The normalized spacial score (nSPS) is 11.0. The van der Waals surface area contributed by atoms with Gasteiger partial charge in [0.05, 0.1) is 11.7 Å². The fraction of sp³-hybridized carbons (Fsp3) is 0. The first-order valence-electron chi connectivity index (χ1n) is 4.72. The zero-order valence-corrected chi connectivity index (χ0v) is 8.16. The van der Waals surface area contributed by atoms with Gasteiger partial charge in [-0.3, -0.25) is 4.57 Å². The quantitative estimate of drug-likeness (QED) is 0.620. The van der Waals surface area contributed by atoms with E-state index in [1.807, 2.05) is 12.1 Å². The molecular formula is C11H7N3O2. The second-order valence-electron chi connectivity index (χ2n) is 3.45. The highest BCUT2D eigenvalue weighted by molar-refractivity contribution is 5.97. The van der Waals surface area contributed by atoms with E-state index in [0.29, 0.717) is 5.52 Å². The molecule has 5 heteroatoms. The Morgan fingerprint density at radius 3 is 2.94 bits per heavy atom. The molecule has 1 N–H and O–H groups in total. The summed E-state index contributed by atoms with van der Waals surface area (Å²) in [4.78, 5) is 11.1. The van der Waals surface area contributed by atoms with Crippen molar-refractivity contribution in [3.8, 4) is 11.3 Å². The number of carboxylic acid groups (broad SMARTS) is 1. The molecule has 0 amide bonds. The number of aromatic nitrogens is 3. The Balaban J connectivity index is 2.55. The van der Waals surface area contributed by atoms with Gasteiger partial charge in [0.2, 0.25) is 0 Å². The molecule has 0 radical (unpaired) electrons. The molecule has 0 fully saturated rings. The van der Waals surface area contributed by atoms with Gasteiger partial charge in [0.1, 0.15) is 5.69 Å². The van der Waals surface area contributed by atoms with Crippen molar-refractivity contribution in [2.75, 3.05) is 0 Å². The number of fused-ring (bicyclic) bond motifs is 3. The largest absolute Gasteiger partial charge is 0.464 e. The van der Waals surface area contributed by atoms with Crippen molar-refractivity contribution in [3.63, 3.8) is 0 Å². The fourth-order valence-electron chi connectivity index (χ4n) is 1.82. The molecule has 0 aromatic heterocycles. The van der Waals surface area contributed by atoms with E-state index in [1.54, 1.807) is 18.3 Å². The molecule has 0 aliphatic carbocycles. The molecular weight excluding hydrogens is 206 g/mol. The summed E-state index contributed by atoms with van der Waals surface area (Å²) in [6, 6.07) is 7.23. The number of carbonyl (C=O) groups is 1. The van der Waals surface area contributed by atoms with E-state index in [-0.39, 0.29) is 0 Å². The summed E-state index contributed by atoms with van der Waals surface area (Å²) >= 11 is 0. The van der Waals surface area contributed by atoms with Crippen LogP contribution >= 0.6 is 0 Å². The van der Waals surface area contributed by atoms with Crippen LogP contribution in [-0.2, 0) is 0 Å². The summed E-state index contributed by atoms with van der Waals surface area (Å²) in [5, 5.41) is 17.7. The van der Waals surface area contributed by atoms with E-state index in [2.05, 4.69) is 10.2 Å². The van der Waals surface area contributed by atoms with Gasteiger partial charge in [0.25, 0.3) is 0 Å². The summed E-state index contributed by atoms with van der Waals surface area (Å²) in [7, 11) is 0. The number of para-hydroxylation sites is 1. The maximum absolute atomic E-state index is 11.1. The first-order chi connectivity index (χ1) is 7.77. The molecule has 0 atom stereocenters. The van der Waals surface area contributed by atoms with Crippen LogP contribution < -0.4 is 0 Å². The van der Waals surface area contributed by atoms with E-state index in [1.165, 1.54) is 10.8 Å². The van der Waals surface area contributed by atoms with Gasteiger partial charge in [0.15, 0.2) is 0 Å². The highest BCUT2D eigenvalue weighted by atomic mass is 16.4. The topological polar surface area (TPSA) is 68.0 Å². The molecule has 5 nitrogen and oxygen atoms in total. The molecule has 0 bridgehead atoms. The number of hydrogen-bond donors (Lipinski definition) is 1. The molecule has 16 heavy (non-hydrogen) atoms. The number of rotatable bonds is 0. The number of nitrogens with zero attached hydrogens (tertiary/aromatic N) is 3. The molecule has 2 aliphatic heterocycles. The van der Waals surface area contributed by atoms with Gasteiger partial charge in [-0.05, 0) is 6.07 Å². The lowest BCUT2D eigenvalue weighted by atomic mass is 10.1. The van der Waals surface area contributed by atoms with Gasteiger partial charge in [-0.2, -0.15) is 5.10 Å². The first kappa shape index (κ1) is 8.84. The molecule has 78 valence electrons. The maximum atomic E-state index is 11.1. The number of benzene rings is 1. The van der Waals surface area contributed by atoms with Crippen molar-refractivity contribution in [2.24, 2.45) is 0 Å². The molecule has 1 aromatic carbocycles. The standard InChI is InChI=1S/C11H7N3O2/c15-11(16)14-6-7-5-12-13-10(7)8-3-1-2-4-9(8)14/h1-6H,(H,15,16). The summed E-state index contributed by atoms with van der Waals surface area (Å²) in [6.45, 7) is 0. The van der Waals surface area contributed by atoms with Crippen molar-refractivity contribution in [1.29, 1.82) is 0 Å². The Bertz CT molecular complexity index is 659. The lowest BCUT2D eigenvalue weighted by Gasteiger charge is -2.09. The van der Waals surface area contributed by atoms with Crippen LogP contribution in [0, 0.1) is 0 Å². The van der Waals surface area contributed by atoms with Crippen LogP contribution in [0.2, 0.25) is 0 Å². The van der Waals surface area contributed by atoms with Crippen LogP contribution in [0.3, 0.4) is 0 Å². The van der Waals surface area contributed by atoms with Crippen molar-refractivity contribution in [3.05, 3.63) is 36.7 Å². The van der Waals surface area contributed by atoms with E-state index < -0.39 is 6.09 Å². The molecule has 2 heterocycles. The van der Waals surface area contributed by atoms with Gasteiger partial charge in [-0.1, -0.05) is 18.2 Å². The van der Waals surface area contributed by atoms with Crippen LogP contribution in [0.25, 0.3) is 22.2 Å². The highest BCUT2D eigenvalue weighted by Crippen LogP contribution is 2.28. The van der Waals surface area contributed by atoms with Gasteiger partial charge in [0, 0.05) is 17.1 Å². The van der Waals surface area contributed by atoms with Crippen molar-refractivity contribution in [1.82, 2.24) is 14.8 Å². The fourth-order valence-corrected chi connectivity index (χ4v) is 1.82. The average Bonchev–Trinajstić information content (AvgIpc) is 2.75. The predicted octanol–water partition coefficient (Wildman–Crippen LogP) is 2.06. The minimum atomic E-state index is -1.01. The van der Waals surface area contributed by atoms with Gasteiger partial charge < -0.3 is 5.11 Å².